The van der Waals surface area contributed by atoms with E-state index in [0.29, 0.717) is 12.0 Å². The molecule has 0 aromatic carbocycles. The summed E-state index contributed by atoms with van der Waals surface area (Å²) in [5.74, 6) is 1.55. The molecule has 0 spiro atoms. The van der Waals surface area contributed by atoms with Crippen molar-refractivity contribution in [3.05, 3.63) is 23.8 Å². The van der Waals surface area contributed by atoms with Gasteiger partial charge in [0.25, 0.3) is 0 Å². The lowest BCUT2D eigenvalue weighted by Crippen LogP contribution is -2.44. The van der Waals surface area contributed by atoms with Gasteiger partial charge in [-0.15, -0.1) is 0 Å². The van der Waals surface area contributed by atoms with E-state index in [2.05, 4.69) is 40.3 Å². The number of hydrogen-bond donors (Lipinski definition) is 1. The Labute approximate surface area is 115 Å². The lowest BCUT2D eigenvalue weighted by Gasteiger charge is -2.32. The number of nitrogens with one attached hydrogen (secondary N) is 1. The molecule has 104 valence electrons. The van der Waals surface area contributed by atoms with Gasteiger partial charge in [-0.05, 0) is 33.1 Å². The van der Waals surface area contributed by atoms with Crippen LogP contribution >= 0.6 is 0 Å². The zero-order chi connectivity index (χ0) is 13.2. The van der Waals surface area contributed by atoms with Gasteiger partial charge >= 0.3 is 0 Å². The maximum Gasteiger partial charge on any atom is 0.146 e. The van der Waals surface area contributed by atoms with Crippen LogP contribution in [0, 0.1) is 0 Å². The van der Waals surface area contributed by atoms with Crippen LogP contribution < -0.4 is 5.32 Å². The molecular formula is C14H23N5. The van der Waals surface area contributed by atoms with E-state index in [1.807, 2.05) is 6.20 Å². The first-order valence-corrected chi connectivity index (χ1v) is 7.16. The second-order valence-corrected chi connectivity index (χ2v) is 5.79. The summed E-state index contributed by atoms with van der Waals surface area (Å²) in [5, 5.41) is 3.43. The van der Waals surface area contributed by atoms with Gasteiger partial charge in [-0.1, -0.05) is 0 Å². The molecule has 0 saturated carbocycles. The number of rotatable bonds is 2. The lowest BCUT2D eigenvalue weighted by atomic mass is 10.0. The van der Waals surface area contributed by atoms with Gasteiger partial charge in [-0.3, -0.25) is 4.90 Å². The quantitative estimate of drug-likeness (QED) is 0.838. The fourth-order valence-electron chi connectivity index (χ4n) is 3.05. The highest BCUT2D eigenvalue weighted by atomic mass is 15.2. The molecule has 2 aliphatic rings. The third-order valence-electron chi connectivity index (χ3n) is 4.31. The van der Waals surface area contributed by atoms with E-state index in [-0.39, 0.29) is 0 Å². The fraction of sp³-hybridized carbons (Fsp3) is 0.714. The number of nitrogens with zero attached hydrogens (tertiary/aromatic N) is 4. The van der Waals surface area contributed by atoms with Crippen molar-refractivity contribution in [2.45, 2.75) is 18.4 Å². The first kappa shape index (κ1) is 13.0. The Morgan fingerprint density at radius 3 is 2.95 bits per heavy atom. The van der Waals surface area contributed by atoms with Gasteiger partial charge in [0, 0.05) is 44.0 Å². The fourth-order valence-corrected chi connectivity index (χ4v) is 3.05. The Morgan fingerprint density at radius 2 is 2.21 bits per heavy atom. The molecule has 1 N–H and O–H groups in total. The molecule has 3 rings (SSSR count). The van der Waals surface area contributed by atoms with Crippen LogP contribution in [-0.4, -0.2) is 66.6 Å². The Hall–Kier alpha value is -1.04. The standard InChI is InChI=1S/C14H23N5/c1-18-7-4-11(10-18)12-3-5-16-14(17-12)13-9-15-6-8-19(13)2/h3,5,11,13,15H,4,6-10H2,1-2H3. The largest absolute Gasteiger partial charge is 0.313 e. The average Bonchev–Trinajstić information content (AvgIpc) is 2.86. The monoisotopic (exact) mass is 261 g/mol. The smallest absolute Gasteiger partial charge is 0.146 e. The maximum absolute atomic E-state index is 4.84. The van der Waals surface area contributed by atoms with E-state index < -0.39 is 0 Å². The topological polar surface area (TPSA) is 44.3 Å². The summed E-state index contributed by atoms with van der Waals surface area (Å²) in [6, 6.07) is 2.40. The van der Waals surface area contributed by atoms with Gasteiger partial charge in [-0.25, -0.2) is 9.97 Å². The van der Waals surface area contributed by atoms with Gasteiger partial charge in [0.05, 0.1) is 6.04 Å². The number of aromatic nitrogens is 2. The number of piperazine rings is 1. The molecule has 3 heterocycles. The highest BCUT2D eigenvalue weighted by molar-refractivity contribution is 5.13. The van der Waals surface area contributed by atoms with Crippen LogP contribution in [0.25, 0.3) is 0 Å². The molecule has 2 unspecified atom stereocenters. The van der Waals surface area contributed by atoms with Crippen molar-refractivity contribution >= 4 is 0 Å². The van der Waals surface area contributed by atoms with Gasteiger partial charge in [0.2, 0.25) is 0 Å². The van der Waals surface area contributed by atoms with Gasteiger partial charge in [0.15, 0.2) is 0 Å². The summed E-state index contributed by atoms with van der Waals surface area (Å²) in [4.78, 5) is 14.1. The van der Waals surface area contributed by atoms with Crippen LogP contribution in [0.1, 0.15) is 29.9 Å². The second-order valence-electron chi connectivity index (χ2n) is 5.79. The molecule has 0 aliphatic carbocycles. The summed E-state index contributed by atoms with van der Waals surface area (Å²) >= 11 is 0. The van der Waals surface area contributed by atoms with Crippen molar-refractivity contribution in [3.63, 3.8) is 0 Å². The predicted molar refractivity (Wildman–Crippen MR) is 75.1 cm³/mol. The van der Waals surface area contributed by atoms with Crippen LogP contribution in [0.2, 0.25) is 0 Å². The highest BCUT2D eigenvalue weighted by Gasteiger charge is 2.26. The molecule has 1 aromatic heterocycles. The van der Waals surface area contributed by atoms with E-state index in [1.54, 1.807) is 0 Å². The minimum absolute atomic E-state index is 0.313. The molecule has 1 aromatic rings. The van der Waals surface area contributed by atoms with Crippen molar-refractivity contribution in [2.24, 2.45) is 0 Å². The van der Waals surface area contributed by atoms with Crippen molar-refractivity contribution in [1.82, 2.24) is 25.1 Å². The number of likely N-dealkylation sites (N-methyl/N-ethyl adjacent to an activating group) is 2. The van der Waals surface area contributed by atoms with Crippen LogP contribution in [0.4, 0.5) is 0 Å². The second kappa shape index (κ2) is 5.53. The first-order chi connectivity index (χ1) is 9.24. The van der Waals surface area contributed by atoms with Gasteiger partial charge in [0.1, 0.15) is 5.82 Å². The number of likely N-dealkylation sites (tertiary alicyclic amines) is 1. The summed E-state index contributed by atoms with van der Waals surface area (Å²) in [7, 11) is 4.34. The molecule has 2 saturated heterocycles. The molecule has 0 bridgehead atoms. The van der Waals surface area contributed by atoms with Crippen molar-refractivity contribution in [2.75, 3.05) is 46.8 Å². The van der Waals surface area contributed by atoms with E-state index >= 15 is 0 Å². The van der Waals surface area contributed by atoms with Crippen molar-refractivity contribution in [1.29, 1.82) is 0 Å². The molecule has 0 radical (unpaired) electrons. The molecular weight excluding hydrogens is 238 g/mol. The molecule has 2 fully saturated rings. The van der Waals surface area contributed by atoms with Crippen LogP contribution in [0.15, 0.2) is 12.3 Å². The van der Waals surface area contributed by atoms with Crippen LogP contribution in [0.5, 0.6) is 0 Å². The third-order valence-corrected chi connectivity index (χ3v) is 4.31. The normalized spacial score (nSPS) is 29.8. The maximum atomic E-state index is 4.84. The zero-order valence-corrected chi connectivity index (χ0v) is 11.8. The summed E-state index contributed by atoms with van der Waals surface area (Å²) < 4.78 is 0. The van der Waals surface area contributed by atoms with Crippen molar-refractivity contribution in [3.8, 4) is 0 Å². The Kier molecular flexibility index (Phi) is 3.77. The SMILES string of the molecule is CN1CCC(c2ccnc(C3CNCCN3C)n2)C1. The minimum atomic E-state index is 0.313. The summed E-state index contributed by atoms with van der Waals surface area (Å²) in [5.41, 5.74) is 1.22. The average molecular weight is 261 g/mol. The van der Waals surface area contributed by atoms with E-state index in [0.717, 1.165) is 32.0 Å². The minimum Gasteiger partial charge on any atom is -0.313 e. The Balaban J connectivity index is 1.79. The molecule has 5 nitrogen and oxygen atoms in total. The van der Waals surface area contributed by atoms with Crippen LogP contribution in [0.3, 0.4) is 0 Å². The van der Waals surface area contributed by atoms with Crippen LogP contribution in [-0.2, 0) is 0 Å². The van der Waals surface area contributed by atoms with E-state index in [9.17, 15) is 0 Å². The van der Waals surface area contributed by atoms with Crippen molar-refractivity contribution < 1.29 is 0 Å². The molecule has 2 atom stereocenters. The van der Waals surface area contributed by atoms with Gasteiger partial charge in [-0.2, -0.15) is 0 Å². The summed E-state index contributed by atoms with van der Waals surface area (Å²) in [6.07, 6.45) is 3.14. The third kappa shape index (κ3) is 2.78. The first-order valence-electron chi connectivity index (χ1n) is 7.16. The Morgan fingerprint density at radius 1 is 1.32 bits per heavy atom. The Bertz CT molecular complexity index is 436. The molecule has 5 heteroatoms. The lowest BCUT2D eigenvalue weighted by molar-refractivity contribution is 0.193. The molecule has 19 heavy (non-hydrogen) atoms. The highest BCUT2D eigenvalue weighted by Crippen LogP contribution is 2.26. The van der Waals surface area contributed by atoms with E-state index in [4.69, 9.17) is 4.98 Å². The number of hydrogen-bond acceptors (Lipinski definition) is 5. The van der Waals surface area contributed by atoms with E-state index in [1.165, 1.54) is 18.7 Å². The van der Waals surface area contributed by atoms with Gasteiger partial charge < -0.3 is 10.2 Å². The molecule has 2 aliphatic heterocycles. The summed E-state index contributed by atoms with van der Waals surface area (Å²) in [6.45, 7) is 5.36. The zero-order valence-electron chi connectivity index (χ0n) is 11.8. The predicted octanol–water partition coefficient (Wildman–Crippen LogP) is 0.472. The molecule has 0 amide bonds.